The van der Waals surface area contributed by atoms with Gasteiger partial charge >= 0.3 is 5.97 Å². The Morgan fingerprint density at radius 3 is 2.85 bits per heavy atom. The molecule has 2 aliphatic rings. The Morgan fingerprint density at radius 2 is 2.09 bits per heavy atom. The minimum atomic E-state index is -0.703. The predicted molar refractivity (Wildman–Crippen MR) is 126 cm³/mol. The van der Waals surface area contributed by atoms with Gasteiger partial charge in [-0.2, -0.15) is 0 Å². The molecule has 6 heteroatoms. The molecule has 1 saturated heterocycles. The monoisotopic (exact) mass is 449 g/mol. The molecule has 1 N–H and O–H groups in total. The Balaban J connectivity index is 1.77. The van der Waals surface area contributed by atoms with Crippen molar-refractivity contribution in [3.05, 3.63) is 59.5 Å². The van der Waals surface area contributed by atoms with Gasteiger partial charge in [0.05, 0.1) is 30.8 Å². The van der Waals surface area contributed by atoms with Crippen LogP contribution in [-0.4, -0.2) is 35.0 Å². The highest BCUT2D eigenvalue weighted by Gasteiger charge is 2.33. The molecular formula is C27H28FNO4. The molecule has 1 aromatic heterocycles. The van der Waals surface area contributed by atoms with Crippen LogP contribution in [0.5, 0.6) is 5.75 Å². The summed E-state index contributed by atoms with van der Waals surface area (Å²) in [4.78, 5) is 11.8. The molecule has 3 aromatic rings. The highest BCUT2D eigenvalue weighted by atomic mass is 19.1. The van der Waals surface area contributed by atoms with Crippen molar-refractivity contribution in [3.8, 4) is 16.9 Å². The molecule has 33 heavy (non-hydrogen) atoms. The molecule has 0 radical (unpaired) electrons. The Morgan fingerprint density at radius 1 is 1.27 bits per heavy atom. The average molecular weight is 450 g/mol. The summed E-state index contributed by atoms with van der Waals surface area (Å²) in [6, 6.07) is 10.9. The fourth-order valence-electron chi connectivity index (χ4n) is 5.25. The van der Waals surface area contributed by atoms with Crippen molar-refractivity contribution in [1.82, 2.24) is 4.57 Å². The van der Waals surface area contributed by atoms with E-state index in [1.165, 1.54) is 17.7 Å². The summed E-state index contributed by atoms with van der Waals surface area (Å²) in [7, 11) is 1.54. The molecule has 2 unspecified atom stereocenters. The van der Waals surface area contributed by atoms with E-state index < -0.39 is 18.2 Å². The molecule has 1 fully saturated rings. The zero-order valence-electron chi connectivity index (χ0n) is 19.1. The summed E-state index contributed by atoms with van der Waals surface area (Å²) < 4.78 is 27.4. The van der Waals surface area contributed by atoms with Crippen molar-refractivity contribution in [1.29, 1.82) is 0 Å². The molecule has 5 nitrogen and oxygen atoms in total. The molecule has 5 rings (SSSR count). The summed E-state index contributed by atoms with van der Waals surface area (Å²) >= 11 is 0. The number of nitrogens with zero attached hydrogens (tertiary/aromatic N) is 1. The quantitative estimate of drug-likeness (QED) is 0.555. The van der Waals surface area contributed by atoms with E-state index in [4.69, 9.17) is 9.47 Å². The van der Waals surface area contributed by atoms with Gasteiger partial charge in [-0.1, -0.05) is 18.2 Å². The number of esters is 1. The molecular weight excluding hydrogens is 421 g/mol. The number of hydrogen-bond donors (Lipinski definition) is 1. The summed E-state index contributed by atoms with van der Waals surface area (Å²) in [6.07, 6.45) is 4.97. The van der Waals surface area contributed by atoms with Crippen molar-refractivity contribution in [2.75, 3.05) is 7.11 Å². The molecule has 2 aliphatic heterocycles. The van der Waals surface area contributed by atoms with Crippen LogP contribution < -0.4 is 4.74 Å². The lowest BCUT2D eigenvalue weighted by Crippen LogP contribution is -2.32. The second-order valence-corrected chi connectivity index (χ2v) is 9.55. The average Bonchev–Trinajstić information content (AvgIpc) is 3.10. The zero-order valence-corrected chi connectivity index (χ0v) is 19.1. The number of ether oxygens (including phenoxy) is 2. The smallest absolute Gasteiger partial charge is 0.309 e. The standard InChI is InChI=1S/C27H28FNO4/c1-27(2)12-11-16-5-4-6-21-25(20-9-7-17(28)13-23(20)32-3)22(29(27)26(16)21)10-8-19-14-18(30)15-24(31)33-19/h4-10,13,18-19,30H,11-12,14-15H2,1-3H3. The summed E-state index contributed by atoms with van der Waals surface area (Å²) in [5.41, 5.74) is 4.99. The number of para-hydroxylation sites is 1. The number of benzene rings is 2. The molecule has 0 aliphatic carbocycles. The van der Waals surface area contributed by atoms with Gasteiger partial charge < -0.3 is 19.1 Å². The Kier molecular flexibility index (Phi) is 5.28. The largest absolute Gasteiger partial charge is 0.496 e. The third-order valence-electron chi connectivity index (χ3n) is 6.81. The minimum absolute atomic E-state index is 0.0268. The van der Waals surface area contributed by atoms with Crippen LogP contribution in [0.2, 0.25) is 0 Å². The molecule has 0 bridgehead atoms. The first-order valence-electron chi connectivity index (χ1n) is 11.3. The Hall–Kier alpha value is -3.12. The van der Waals surface area contributed by atoms with Gasteiger partial charge in [0, 0.05) is 34.5 Å². The fourth-order valence-corrected chi connectivity index (χ4v) is 5.25. The number of rotatable bonds is 4. The second kappa shape index (κ2) is 8.03. The van der Waals surface area contributed by atoms with Gasteiger partial charge in [0.15, 0.2) is 0 Å². The first-order valence-corrected chi connectivity index (χ1v) is 11.3. The van der Waals surface area contributed by atoms with E-state index in [-0.39, 0.29) is 17.8 Å². The van der Waals surface area contributed by atoms with Crippen LogP contribution in [0.4, 0.5) is 4.39 Å². The van der Waals surface area contributed by atoms with Gasteiger partial charge in [-0.25, -0.2) is 4.39 Å². The van der Waals surface area contributed by atoms with Gasteiger partial charge in [-0.05, 0) is 56.5 Å². The molecule has 0 saturated carbocycles. The minimum Gasteiger partial charge on any atom is -0.496 e. The van der Waals surface area contributed by atoms with Crippen LogP contribution in [0.3, 0.4) is 0 Å². The van der Waals surface area contributed by atoms with Crippen molar-refractivity contribution in [2.24, 2.45) is 0 Å². The number of aromatic nitrogens is 1. The molecule has 0 amide bonds. The Bertz CT molecular complexity index is 1270. The normalized spacial score (nSPS) is 22.0. The van der Waals surface area contributed by atoms with Crippen LogP contribution >= 0.6 is 0 Å². The lowest BCUT2D eigenvalue weighted by Gasteiger charge is -2.34. The number of methoxy groups -OCH3 is 1. The van der Waals surface area contributed by atoms with E-state index in [1.54, 1.807) is 13.2 Å². The summed E-state index contributed by atoms with van der Waals surface area (Å²) in [5.74, 6) is -0.288. The van der Waals surface area contributed by atoms with Gasteiger partial charge in [0.2, 0.25) is 0 Å². The van der Waals surface area contributed by atoms with E-state index in [1.807, 2.05) is 12.2 Å². The fraction of sp³-hybridized carbons (Fsp3) is 0.370. The van der Waals surface area contributed by atoms with Crippen LogP contribution in [-0.2, 0) is 21.5 Å². The predicted octanol–water partition coefficient (Wildman–Crippen LogP) is 5.22. The van der Waals surface area contributed by atoms with Crippen LogP contribution in [0.25, 0.3) is 28.1 Å². The first kappa shape index (κ1) is 21.7. The molecule has 2 atom stereocenters. The number of cyclic esters (lactones) is 1. The third-order valence-corrected chi connectivity index (χ3v) is 6.81. The maximum Gasteiger partial charge on any atom is 0.309 e. The number of hydrogen-bond acceptors (Lipinski definition) is 4. The van der Waals surface area contributed by atoms with E-state index in [0.717, 1.165) is 40.6 Å². The zero-order chi connectivity index (χ0) is 23.3. The number of aliphatic hydroxyl groups is 1. The van der Waals surface area contributed by atoms with E-state index in [0.29, 0.717) is 12.2 Å². The second-order valence-electron chi connectivity index (χ2n) is 9.55. The SMILES string of the molecule is COc1cc(F)ccc1-c1c(C=CC2CC(O)CC(=O)O2)n2c3c(cccc13)CCC2(C)C. The topological polar surface area (TPSA) is 60.7 Å². The maximum absolute atomic E-state index is 14.0. The number of aliphatic hydroxyl groups excluding tert-OH is 1. The number of carbonyl (C=O) groups is 1. The highest BCUT2D eigenvalue weighted by molar-refractivity contribution is 6.04. The van der Waals surface area contributed by atoms with Crippen LogP contribution in [0.15, 0.2) is 42.5 Å². The lowest BCUT2D eigenvalue weighted by atomic mass is 9.90. The van der Waals surface area contributed by atoms with Crippen molar-refractivity contribution >= 4 is 22.9 Å². The van der Waals surface area contributed by atoms with Crippen LogP contribution in [0, 0.1) is 5.82 Å². The highest BCUT2D eigenvalue weighted by Crippen LogP contribution is 2.46. The first-order chi connectivity index (χ1) is 15.8. The van der Waals surface area contributed by atoms with Crippen molar-refractivity contribution in [2.45, 2.75) is 57.3 Å². The third kappa shape index (κ3) is 3.72. The number of aryl methyl sites for hydroxylation is 1. The van der Waals surface area contributed by atoms with E-state index in [9.17, 15) is 14.3 Å². The lowest BCUT2D eigenvalue weighted by molar-refractivity contribution is -0.156. The molecule has 3 heterocycles. The van der Waals surface area contributed by atoms with Crippen molar-refractivity contribution in [3.63, 3.8) is 0 Å². The Labute approximate surface area is 192 Å². The van der Waals surface area contributed by atoms with Gasteiger partial charge in [-0.3, -0.25) is 4.79 Å². The summed E-state index contributed by atoms with van der Waals surface area (Å²) in [6.45, 7) is 4.44. The van der Waals surface area contributed by atoms with Crippen LogP contribution in [0.1, 0.15) is 44.4 Å². The molecule has 2 aromatic carbocycles. The van der Waals surface area contributed by atoms with Gasteiger partial charge in [0.1, 0.15) is 17.7 Å². The van der Waals surface area contributed by atoms with Crippen molar-refractivity contribution < 1.29 is 23.8 Å². The van der Waals surface area contributed by atoms with E-state index >= 15 is 0 Å². The summed E-state index contributed by atoms with van der Waals surface area (Å²) in [5, 5.41) is 11.1. The maximum atomic E-state index is 14.0. The number of carbonyl (C=O) groups excluding carboxylic acids is 1. The molecule has 0 spiro atoms. The van der Waals surface area contributed by atoms with E-state index in [2.05, 4.69) is 36.6 Å². The van der Waals surface area contributed by atoms with Gasteiger partial charge in [-0.15, -0.1) is 0 Å². The van der Waals surface area contributed by atoms with Gasteiger partial charge in [0.25, 0.3) is 0 Å². The molecule has 172 valence electrons. The number of halogens is 1.